The van der Waals surface area contributed by atoms with E-state index < -0.39 is 0 Å². The van der Waals surface area contributed by atoms with Crippen LogP contribution in [0, 0.1) is 17.8 Å². The molecule has 82 valence electrons. The molecule has 0 aromatic carbocycles. The van der Waals surface area contributed by atoms with Crippen LogP contribution in [-0.4, -0.2) is 19.3 Å². The van der Waals surface area contributed by atoms with Crippen LogP contribution in [0.15, 0.2) is 4.99 Å². The molecule has 0 spiro atoms. The normalized spacial score (nSPS) is 28.9. The van der Waals surface area contributed by atoms with Gasteiger partial charge in [0.05, 0.1) is 0 Å². The Morgan fingerprint density at radius 1 is 1.21 bits per heavy atom. The minimum Gasteiger partial charge on any atom is -0.330 e. The van der Waals surface area contributed by atoms with E-state index in [1.807, 2.05) is 0 Å². The van der Waals surface area contributed by atoms with Crippen molar-refractivity contribution in [1.29, 1.82) is 0 Å². The zero-order chi connectivity index (χ0) is 10.4. The molecular weight excluding hydrogens is 172 g/mol. The lowest BCUT2D eigenvalue weighted by Crippen LogP contribution is -2.22. The Kier molecular flexibility index (Phi) is 5.16. The summed E-state index contributed by atoms with van der Waals surface area (Å²) in [5.74, 6) is 2.21. The second-order valence-electron chi connectivity index (χ2n) is 4.88. The van der Waals surface area contributed by atoms with Crippen molar-refractivity contribution in [2.45, 2.75) is 39.5 Å². The minimum absolute atomic E-state index is 0.593. The lowest BCUT2D eigenvalue weighted by atomic mass is 9.82. The minimum atomic E-state index is 0.593. The predicted octanol–water partition coefficient (Wildman–Crippen LogP) is 2.48. The van der Waals surface area contributed by atoms with Crippen LogP contribution in [0.25, 0.3) is 0 Å². The third-order valence-corrected chi connectivity index (χ3v) is 3.07. The van der Waals surface area contributed by atoms with E-state index in [1.165, 1.54) is 25.7 Å². The van der Waals surface area contributed by atoms with Crippen LogP contribution in [0.4, 0.5) is 0 Å². The summed E-state index contributed by atoms with van der Waals surface area (Å²) in [6.45, 7) is 6.26. The second kappa shape index (κ2) is 6.18. The standard InChI is InChI=1S/C12H24N2/c1-10(2)8-14-9-12-5-3-11(7-13)4-6-12/h8,10-12H,3-7,9,13H2,1-2H3. The summed E-state index contributed by atoms with van der Waals surface area (Å²) < 4.78 is 0. The smallest absolute Gasteiger partial charge is 0.0413 e. The van der Waals surface area contributed by atoms with Gasteiger partial charge in [-0.3, -0.25) is 4.99 Å². The highest BCUT2D eigenvalue weighted by atomic mass is 14.7. The Hall–Kier alpha value is -0.370. The molecule has 0 amide bonds. The van der Waals surface area contributed by atoms with E-state index in [-0.39, 0.29) is 0 Å². The molecule has 0 radical (unpaired) electrons. The first kappa shape index (κ1) is 11.7. The van der Waals surface area contributed by atoms with E-state index >= 15 is 0 Å². The third kappa shape index (κ3) is 4.23. The molecule has 2 heteroatoms. The Balaban J connectivity index is 2.16. The molecule has 0 aromatic rings. The number of aliphatic imine (C=N–C) groups is 1. The number of nitrogens with zero attached hydrogens (tertiary/aromatic N) is 1. The Labute approximate surface area is 88.0 Å². The largest absolute Gasteiger partial charge is 0.330 e. The molecule has 1 saturated carbocycles. The summed E-state index contributed by atoms with van der Waals surface area (Å²) in [6.07, 6.45) is 7.38. The van der Waals surface area contributed by atoms with Crippen molar-refractivity contribution in [1.82, 2.24) is 0 Å². The Morgan fingerprint density at radius 2 is 1.79 bits per heavy atom. The quantitative estimate of drug-likeness (QED) is 0.689. The maximum Gasteiger partial charge on any atom is 0.0413 e. The fraction of sp³-hybridized carbons (Fsp3) is 0.917. The summed E-state index contributed by atoms with van der Waals surface area (Å²) in [6, 6.07) is 0. The van der Waals surface area contributed by atoms with Crippen molar-refractivity contribution in [2.24, 2.45) is 28.5 Å². The van der Waals surface area contributed by atoms with E-state index in [4.69, 9.17) is 5.73 Å². The summed E-state index contributed by atoms with van der Waals surface area (Å²) in [7, 11) is 0. The molecular formula is C12H24N2. The van der Waals surface area contributed by atoms with Crippen molar-refractivity contribution in [2.75, 3.05) is 13.1 Å². The Morgan fingerprint density at radius 3 is 2.29 bits per heavy atom. The van der Waals surface area contributed by atoms with Crippen molar-refractivity contribution in [3.8, 4) is 0 Å². The number of hydrogen-bond acceptors (Lipinski definition) is 2. The van der Waals surface area contributed by atoms with Gasteiger partial charge in [-0.05, 0) is 50.0 Å². The predicted molar refractivity (Wildman–Crippen MR) is 62.7 cm³/mol. The monoisotopic (exact) mass is 196 g/mol. The van der Waals surface area contributed by atoms with Gasteiger partial charge in [0.25, 0.3) is 0 Å². The van der Waals surface area contributed by atoms with Crippen LogP contribution in [0.2, 0.25) is 0 Å². The van der Waals surface area contributed by atoms with Gasteiger partial charge < -0.3 is 5.73 Å². The van der Waals surface area contributed by atoms with Crippen LogP contribution in [-0.2, 0) is 0 Å². The highest BCUT2D eigenvalue weighted by molar-refractivity contribution is 5.59. The van der Waals surface area contributed by atoms with Crippen LogP contribution >= 0.6 is 0 Å². The summed E-state index contributed by atoms with van der Waals surface area (Å²) >= 11 is 0. The zero-order valence-electron chi connectivity index (χ0n) is 9.58. The second-order valence-corrected chi connectivity index (χ2v) is 4.88. The average molecular weight is 196 g/mol. The summed E-state index contributed by atoms with van der Waals surface area (Å²) in [4.78, 5) is 4.49. The highest BCUT2D eigenvalue weighted by Gasteiger charge is 2.19. The van der Waals surface area contributed by atoms with Gasteiger partial charge in [-0.25, -0.2) is 0 Å². The SMILES string of the molecule is CC(C)C=NCC1CCC(CN)CC1. The van der Waals surface area contributed by atoms with E-state index in [0.29, 0.717) is 5.92 Å². The van der Waals surface area contributed by atoms with Gasteiger partial charge in [-0.15, -0.1) is 0 Å². The van der Waals surface area contributed by atoms with E-state index in [9.17, 15) is 0 Å². The van der Waals surface area contributed by atoms with Crippen molar-refractivity contribution in [3.05, 3.63) is 0 Å². The van der Waals surface area contributed by atoms with Gasteiger partial charge in [0.2, 0.25) is 0 Å². The van der Waals surface area contributed by atoms with Crippen molar-refractivity contribution < 1.29 is 0 Å². The number of hydrogen-bond donors (Lipinski definition) is 1. The fourth-order valence-corrected chi connectivity index (χ4v) is 2.07. The third-order valence-electron chi connectivity index (χ3n) is 3.07. The molecule has 14 heavy (non-hydrogen) atoms. The topological polar surface area (TPSA) is 38.4 Å². The summed E-state index contributed by atoms with van der Waals surface area (Å²) in [5, 5.41) is 0. The van der Waals surface area contributed by atoms with E-state index in [0.717, 1.165) is 24.9 Å². The lowest BCUT2D eigenvalue weighted by molar-refractivity contribution is 0.285. The lowest BCUT2D eigenvalue weighted by Gasteiger charge is -2.26. The van der Waals surface area contributed by atoms with Crippen LogP contribution in [0.3, 0.4) is 0 Å². The van der Waals surface area contributed by atoms with Gasteiger partial charge >= 0.3 is 0 Å². The maximum atomic E-state index is 5.66. The Bertz CT molecular complexity index is 167. The van der Waals surface area contributed by atoms with Gasteiger partial charge in [0.1, 0.15) is 0 Å². The molecule has 0 aromatic heterocycles. The molecule has 0 aliphatic heterocycles. The summed E-state index contributed by atoms with van der Waals surface area (Å²) in [5.41, 5.74) is 5.66. The molecule has 1 rings (SSSR count). The zero-order valence-corrected chi connectivity index (χ0v) is 9.58. The van der Waals surface area contributed by atoms with Crippen molar-refractivity contribution >= 4 is 6.21 Å². The average Bonchev–Trinajstić information content (AvgIpc) is 2.18. The first-order chi connectivity index (χ1) is 6.72. The number of rotatable bonds is 4. The fourth-order valence-electron chi connectivity index (χ4n) is 2.07. The molecule has 0 atom stereocenters. The highest BCUT2D eigenvalue weighted by Crippen LogP contribution is 2.28. The van der Waals surface area contributed by atoms with E-state index in [1.54, 1.807) is 0 Å². The van der Waals surface area contributed by atoms with Crippen LogP contribution < -0.4 is 5.73 Å². The van der Waals surface area contributed by atoms with Gasteiger partial charge in [-0.2, -0.15) is 0 Å². The molecule has 0 unspecified atom stereocenters. The van der Waals surface area contributed by atoms with E-state index in [2.05, 4.69) is 25.1 Å². The number of nitrogens with two attached hydrogens (primary N) is 1. The molecule has 2 N–H and O–H groups in total. The van der Waals surface area contributed by atoms with Crippen molar-refractivity contribution in [3.63, 3.8) is 0 Å². The first-order valence-electron chi connectivity index (χ1n) is 5.92. The molecule has 1 aliphatic rings. The molecule has 0 saturated heterocycles. The molecule has 1 aliphatic carbocycles. The first-order valence-corrected chi connectivity index (χ1v) is 5.92. The van der Waals surface area contributed by atoms with Gasteiger partial charge in [0.15, 0.2) is 0 Å². The van der Waals surface area contributed by atoms with Gasteiger partial charge in [-0.1, -0.05) is 13.8 Å². The van der Waals surface area contributed by atoms with Gasteiger partial charge in [0, 0.05) is 12.8 Å². The molecule has 0 heterocycles. The maximum absolute atomic E-state index is 5.66. The molecule has 1 fully saturated rings. The molecule has 0 bridgehead atoms. The van der Waals surface area contributed by atoms with Crippen LogP contribution in [0.1, 0.15) is 39.5 Å². The van der Waals surface area contributed by atoms with Crippen LogP contribution in [0.5, 0.6) is 0 Å². The molecule has 2 nitrogen and oxygen atoms in total.